The Labute approximate surface area is 189 Å². The number of hydrogen-bond donors (Lipinski definition) is 1. The lowest BCUT2D eigenvalue weighted by Crippen LogP contribution is -2.30. The Morgan fingerprint density at radius 1 is 1.06 bits per heavy atom. The standard InChI is InChI=1S/C26H28N4S/c31-22-8-4-7-21(16-22)23-17-24(29-26-25(23)27-18-28-26)20-11-9-19(10-12-20)6-5-15-30-13-2-1-3-14-30/h4,7,9-12,16-18H,1-3,5-6,8,13-15H2,(H,27,28,29). The maximum Gasteiger partial charge on any atom is 0.178 e. The third-order valence-electron chi connectivity index (χ3n) is 6.28. The Kier molecular flexibility index (Phi) is 6.05. The fourth-order valence-electron chi connectivity index (χ4n) is 4.58. The number of aryl methyl sites for hydroxylation is 1. The first-order chi connectivity index (χ1) is 15.3. The lowest BCUT2D eigenvalue weighted by molar-refractivity contribution is 0.226. The van der Waals surface area contributed by atoms with Gasteiger partial charge in [-0.1, -0.05) is 55.1 Å². The second-order valence-corrected chi connectivity index (χ2v) is 9.06. The van der Waals surface area contributed by atoms with Crippen LogP contribution in [-0.4, -0.2) is 44.4 Å². The van der Waals surface area contributed by atoms with Gasteiger partial charge in [0.05, 0.1) is 17.5 Å². The normalized spacial score (nSPS) is 17.3. The van der Waals surface area contributed by atoms with Crippen molar-refractivity contribution in [3.63, 3.8) is 0 Å². The van der Waals surface area contributed by atoms with E-state index >= 15 is 0 Å². The molecular formula is C26H28N4S. The molecule has 0 radical (unpaired) electrons. The highest BCUT2D eigenvalue weighted by atomic mass is 32.1. The molecule has 158 valence electrons. The molecule has 0 bridgehead atoms. The van der Waals surface area contributed by atoms with Gasteiger partial charge in [-0.15, -0.1) is 0 Å². The van der Waals surface area contributed by atoms with Crippen molar-refractivity contribution in [3.05, 3.63) is 66.0 Å². The van der Waals surface area contributed by atoms with Crippen LogP contribution in [0.1, 0.15) is 43.2 Å². The van der Waals surface area contributed by atoms with Crippen molar-refractivity contribution in [1.82, 2.24) is 19.9 Å². The zero-order valence-corrected chi connectivity index (χ0v) is 18.6. The fourth-order valence-corrected chi connectivity index (χ4v) is 4.81. The van der Waals surface area contributed by atoms with Crippen LogP contribution < -0.4 is 0 Å². The minimum Gasteiger partial charge on any atom is -0.343 e. The van der Waals surface area contributed by atoms with E-state index in [1.54, 1.807) is 6.33 Å². The van der Waals surface area contributed by atoms with Gasteiger partial charge in [-0.3, -0.25) is 0 Å². The number of hydrogen-bond acceptors (Lipinski definition) is 4. The molecule has 5 rings (SSSR count). The summed E-state index contributed by atoms with van der Waals surface area (Å²) < 4.78 is 0. The highest BCUT2D eigenvalue weighted by Gasteiger charge is 2.14. The van der Waals surface area contributed by atoms with Crippen LogP contribution in [-0.2, 0) is 6.42 Å². The Balaban J connectivity index is 1.34. The molecule has 1 aromatic carbocycles. The zero-order valence-electron chi connectivity index (χ0n) is 17.8. The Bertz CT molecular complexity index is 1130. The largest absolute Gasteiger partial charge is 0.343 e. The zero-order chi connectivity index (χ0) is 21.0. The predicted octanol–water partition coefficient (Wildman–Crippen LogP) is 5.76. The summed E-state index contributed by atoms with van der Waals surface area (Å²) >= 11 is 5.43. The Morgan fingerprint density at radius 2 is 1.90 bits per heavy atom. The van der Waals surface area contributed by atoms with Gasteiger partial charge in [-0.05, 0) is 68.6 Å². The number of nitrogens with zero attached hydrogens (tertiary/aromatic N) is 3. The van der Waals surface area contributed by atoms with E-state index in [0.29, 0.717) is 0 Å². The summed E-state index contributed by atoms with van der Waals surface area (Å²) in [5.74, 6) is 0. The molecule has 2 aromatic heterocycles. The quantitative estimate of drug-likeness (QED) is 0.507. The predicted molar refractivity (Wildman–Crippen MR) is 132 cm³/mol. The monoisotopic (exact) mass is 428 g/mol. The first-order valence-electron chi connectivity index (χ1n) is 11.3. The van der Waals surface area contributed by atoms with Gasteiger partial charge in [0.2, 0.25) is 0 Å². The van der Waals surface area contributed by atoms with Gasteiger partial charge < -0.3 is 9.88 Å². The molecule has 0 saturated carbocycles. The van der Waals surface area contributed by atoms with Gasteiger partial charge in [-0.25, -0.2) is 9.97 Å². The van der Waals surface area contributed by atoms with Crippen LogP contribution in [0.15, 0.2) is 54.9 Å². The summed E-state index contributed by atoms with van der Waals surface area (Å²) in [7, 11) is 0. The van der Waals surface area contributed by atoms with Crippen molar-refractivity contribution in [3.8, 4) is 11.3 Å². The van der Waals surface area contributed by atoms with E-state index in [-0.39, 0.29) is 0 Å². The summed E-state index contributed by atoms with van der Waals surface area (Å²) in [5, 5.41) is 0. The number of allylic oxidation sites excluding steroid dienone is 4. The molecule has 1 fully saturated rings. The molecule has 0 atom stereocenters. The molecule has 5 heteroatoms. The molecule has 1 aliphatic heterocycles. The molecule has 2 aliphatic rings. The number of benzene rings is 1. The van der Waals surface area contributed by atoms with Crippen LogP contribution in [0.2, 0.25) is 0 Å². The first-order valence-corrected chi connectivity index (χ1v) is 11.7. The molecule has 3 aromatic rings. The number of rotatable bonds is 6. The van der Waals surface area contributed by atoms with Gasteiger partial charge >= 0.3 is 0 Å². The summed E-state index contributed by atoms with van der Waals surface area (Å²) in [6, 6.07) is 11.0. The molecule has 0 spiro atoms. The summed E-state index contributed by atoms with van der Waals surface area (Å²) in [6.45, 7) is 3.77. The van der Waals surface area contributed by atoms with Crippen LogP contribution >= 0.6 is 12.2 Å². The third kappa shape index (κ3) is 4.68. The second-order valence-electron chi connectivity index (χ2n) is 8.53. The number of aromatic nitrogens is 3. The number of likely N-dealkylation sites (tertiary alicyclic amines) is 1. The molecule has 1 aliphatic carbocycles. The highest BCUT2D eigenvalue weighted by molar-refractivity contribution is 7.80. The maximum atomic E-state index is 5.43. The van der Waals surface area contributed by atoms with Gasteiger partial charge in [0.15, 0.2) is 5.65 Å². The minimum absolute atomic E-state index is 0.740. The number of piperidine rings is 1. The average Bonchev–Trinajstić information content (AvgIpc) is 3.28. The minimum atomic E-state index is 0.740. The number of aromatic amines is 1. The van der Waals surface area contributed by atoms with E-state index in [9.17, 15) is 0 Å². The maximum absolute atomic E-state index is 5.43. The Morgan fingerprint density at radius 3 is 2.71 bits per heavy atom. The van der Waals surface area contributed by atoms with E-state index in [0.717, 1.165) is 51.3 Å². The van der Waals surface area contributed by atoms with Crippen molar-refractivity contribution < 1.29 is 0 Å². The van der Waals surface area contributed by atoms with Crippen molar-refractivity contribution in [2.45, 2.75) is 38.5 Å². The number of thiocarbonyl (C=S) groups is 1. The average molecular weight is 429 g/mol. The van der Waals surface area contributed by atoms with Gasteiger partial charge in [0, 0.05) is 22.4 Å². The van der Waals surface area contributed by atoms with Crippen LogP contribution in [0.25, 0.3) is 28.0 Å². The van der Waals surface area contributed by atoms with Gasteiger partial charge in [0.1, 0.15) is 0 Å². The molecule has 3 heterocycles. The lowest BCUT2D eigenvalue weighted by Gasteiger charge is -2.26. The van der Waals surface area contributed by atoms with Crippen molar-refractivity contribution in [1.29, 1.82) is 0 Å². The number of imidazole rings is 1. The topological polar surface area (TPSA) is 44.8 Å². The number of pyridine rings is 1. The van der Waals surface area contributed by atoms with E-state index in [2.05, 4.69) is 63.4 Å². The number of fused-ring (bicyclic) bond motifs is 1. The second kappa shape index (κ2) is 9.25. The smallest absolute Gasteiger partial charge is 0.178 e. The molecular weight excluding hydrogens is 400 g/mol. The molecule has 0 amide bonds. The molecule has 1 saturated heterocycles. The van der Waals surface area contributed by atoms with Crippen molar-refractivity contribution in [2.75, 3.05) is 19.6 Å². The summed E-state index contributed by atoms with van der Waals surface area (Å²) in [5.41, 5.74) is 7.37. The molecule has 4 nitrogen and oxygen atoms in total. The number of nitrogens with one attached hydrogen (secondary N) is 1. The van der Waals surface area contributed by atoms with Crippen molar-refractivity contribution >= 4 is 33.8 Å². The molecule has 1 N–H and O–H groups in total. The van der Waals surface area contributed by atoms with E-state index < -0.39 is 0 Å². The first kappa shape index (κ1) is 20.3. The summed E-state index contributed by atoms with van der Waals surface area (Å²) in [6.07, 6.45) is 15.4. The fraction of sp³-hybridized carbons (Fsp3) is 0.346. The SMILES string of the molecule is S=C1C=C(c2cc(-c3ccc(CCCN4CCCCC4)cc3)nc3nc[nH]c23)C=CC1. The third-order valence-corrected chi connectivity index (χ3v) is 6.56. The Hall–Kier alpha value is -2.63. The van der Waals surface area contributed by atoms with E-state index in [4.69, 9.17) is 17.2 Å². The van der Waals surface area contributed by atoms with Gasteiger partial charge in [0.25, 0.3) is 0 Å². The van der Waals surface area contributed by atoms with E-state index in [1.165, 1.54) is 50.9 Å². The van der Waals surface area contributed by atoms with Crippen LogP contribution in [0, 0.1) is 0 Å². The highest BCUT2D eigenvalue weighted by Crippen LogP contribution is 2.30. The van der Waals surface area contributed by atoms with Crippen LogP contribution in [0.3, 0.4) is 0 Å². The van der Waals surface area contributed by atoms with Gasteiger partial charge in [-0.2, -0.15) is 0 Å². The summed E-state index contributed by atoms with van der Waals surface area (Å²) in [4.78, 5) is 16.0. The van der Waals surface area contributed by atoms with E-state index in [1.807, 2.05) is 0 Å². The van der Waals surface area contributed by atoms with Crippen molar-refractivity contribution in [2.24, 2.45) is 0 Å². The molecule has 0 unspecified atom stereocenters. The lowest BCUT2D eigenvalue weighted by atomic mass is 9.97. The molecule has 31 heavy (non-hydrogen) atoms. The number of H-pyrrole nitrogens is 1. The van der Waals surface area contributed by atoms with Crippen LogP contribution in [0.4, 0.5) is 0 Å². The van der Waals surface area contributed by atoms with Crippen LogP contribution in [0.5, 0.6) is 0 Å².